The maximum Gasteiger partial charge on any atom is 0.451 e. The second kappa shape index (κ2) is 5.89. The van der Waals surface area contributed by atoms with Crippen LogP contribution in [0.25, 0.3) is 0 Å². The zero-order valence-corrected chi connectivity index (χ0v) is 13.2. The molecule has 24 heavy (non-hydrogen) atoms. The Labute approximate surface area is 137 Å². The Bertz CT molecular complexity index is 756. The third kappa shape index (κ3) is 2.86. The molecule has 4 nitrogen and oxygen atoms in total. The van der Waals surface area contributed by atoms with Crippen LogP contribution in [-0.4, -0.2) is 22.4 Å². The Morgan fingerprint density at radius 2 is 1.83 bits per heavy atom. The number of amides is 1. The van der Waals surface area contributed by atoms with Crippen LogP contribution < -0.4 is 4.90 Å². The largest absolute Gasteiger partial charge is 0.451 e. The topological polar surface area (TPSA) is 46.1 Å². The summed E-state index contributed by atoms with van der Waals surface area (Å²) >= 11 is 0. The number of benzene rings is 1. The standard InChI is InChI=1S/C17H16F3N3O/c1-10(2)13-9-23(14-6-4-3-5-12(13)14)15(24)11-7-21-16(22-8-11)17(18,19)20/h3-8,10,13H,9H2,1-2H3. The first-order chi connectivity index (χ1) is 11.3. The SMILES string of the molecule is CC(C)C1CN(C(=O)c2cnc(C(F)(F)F)nc2)c2ccccc21. The number of anilines is 1. The normalized spacial score (nSPS) is 17.2. The van der Waals surface area contributed by atoms with Crippen molar-refractivity contribution in [2.24, 2.45) is 5.92 Å². The fraction of sp³-hybridized carbons (Fsp3) is 0.353. The van der Waals surface area contributed by atoms with Gasteiger partial charge < -0.3 is 4.90 Å². The maximum absolute atomic E-state index is 12.7. The van der Waals surface area contributed by atoms with E-state index in [2.05, 4.69) is 23.8 Å². The molecule has 0 spiro atoms. The second-order valence-corrected chi connectivity index (χ2v) is 6.12. The molecule has 3 rings (SSSR count). The van der Waals surface area contributed by atoms with Gasteiger partial charge in [-0.2, -0.15) is 13.2 Å². The summed E-state index contributed by atoms with van der Waals surface area (Å²) < 4.78 is 37.6. The van der Waals surface area contributed by atoms with Crippen LogP contribution in [0.15, 0.2) is 36.7 Å². The number of alkyl halides is 3. The number of halogens is 3. The summed E-state index contributed by atoms with van der Waals surface area (Å²) in [6.07, 6.45) is -2.75. The highest BCUT2D eigenvalue weighted by molar-refractivity contribution is 6.07. The van der Waals surface area contributed by atoms with Gasteiger partial charge in [-0.3, -0.25) is 4.79 Å². The van der Waals surface area contributed by atoms with Crippen LogP contribution in [-0.2, 0) is 6.18 Å². The molecule has 0 N–H and O–H groups in total. The smallest absolute Gasteiger partial charge is 0.307 e. The van der Waals surface area contributed by atoms with Crippen molar-refractivity contribution in [3.05, 3.63) is 53.6 Å². The van der Waals surface area contributed by atoms with Crippen LogP contribution in [0.2, 0.25) is 0 Å². The van der Waals surface area contributed by atoms with Crippen molar-refractivity contribution in [2.45, 2.75) is 25.9 Å². The Balaban J connectivity index is 1.91. The van der Waals surface area contributed by atoms with Gasteiger partial charge in [-0.15, -0.1) is 0 Å². The molecular formula is C17H16F3N3O. The van der Waals surface area contributed by atoms with Gasteiger partial charge >= 0.3 is 6.18 Å². The maximum atomic E-state index is 12.7. The van der Waals surface area contributed by atoms with Crippen molar-refractivity contribution >= 4 is 11.6 Å². The molecule has 7 heteroatoms. The Morgan fingerprint density at radius 3 is 2.42 bits per heavy atom. The van der Waals surface area contributed by atoms with Crippen molar-refractivity contribution in [1.29, 1.82) is 0 Å². The highest BCUT2D eigenvalue weighted by atomic mass is 19.4. The zero-order chi connectivity index (χ0) is 17.5. The molecule has 1 aromatic carbocycles. The molecule has 2 heterocycles. The zero-order valence-electron chi connectivity index (χ0n) is 13.2. The van der Waals surface area contributed by atoms with E-state index in [1.807, 2.05) is 24.3 Å². The number of hydrogen-bond acceptors (Lipinski definition) is 3. The van der Waals surface area contributed by atoms with E-state index in [0.717, 1.165) is 23.6 Å². The van der Waals surface area contributed by atoms with Gasteiger partial charge in [0.2, 0.25) is 5.82 Å². The van der Waals surface area contributed by atoms with E-state index in [-0.39, 0.29) is 17.4 Å². The molecule has 1 unspecified atom stereocenters. The Morgan fingerprint density at radius 1 is 1.21 bits per heavy atom. The average molecular weight is 335 g/mol. The van der Waals surface area contributed by atoms with Crippen molar-refractivity contribution in [3.63, 3.8) is 0 Å². The lowest BCUT2D eigenvalue weighted by atomic mass is 9.90. The first kappa shape index (κ1) is 16.4. The van der Waals surface area contributed by atoms with Gasteiger partial charge in [-0.05, 0) is 17.5 Å². The predicted octanol–water partition coefficient (Wildman–Crippen LogP) is 3.90. The van der Waals surface area contributed by atoms with Crippen molar-refractivity contribution in [2.75, 3.05) is 11.4 Å². The predicted molar refractivity (Wildman–Crippen MR) is 82.7 cm³/mol. The van der Waals surface area contributed by atoms with Gasteiger partial charge in [0.1, 0.15) is 0 Å². The van der Waals surface area contributed by atoms with Crippen LogP contribution in [0.1, 0.15) is 41.5 Å². The van der Waals surface area contributed by atoms with Crippen LogP contribution in [0.4, 0.5) is 18.9 Å². The molecule has 0 fully saturated rings. The molecule has 2 aromatic rings. The number of carbonyl (C=O) groups is 1. The summed E-state index contributed by atoms with van der Waals surface area (Å²) in [4.78, 5) is 20.8. The van der Waals surface area contributed by atoms with Gasteiger partial charge in [-0.1, -0.05) is 32.0 Å². The summed E-state index contributed by atoms with van der Waals surface area (Å²) in [6.45, 7) is 4.66. The van der Waals surface area contributed by atoms with E-state index >= 15 is 0 Å². The number of para-hydroxylation sites is 1. The van der Waals surface area contributed by atoms with Crippen LogP contribution >= 0.6 is 0 Å². The van der Waals surface area contributed by atoms with Gasteiger partial charge in [0.25, 0.3) is 5.91 Å². The molecule has 1 amide bonds. The highest BCUT2D eigenvalue weighted by Crippen LogP contribution is 2.40. The molecule has 1 aliphatic rings. The van der Waals surface area contributed by atoms with Gasteiger partial charge in [0.05, 0.1) is 5.56 Å². The van der Waals surface area contributed by atoms with Crippen molar-refractivity contribution in [1.82, 2.24) is 9.97 Å². The number of hydrogen-bond donors (Lipinski definition) is 0. The van der Waals surface area contributed by atoms with E-state index in [1.54, 1.807) is 4.90 Å². The Hall–Kier alpha value is -2.44. The van der Waals surface area contributed by atoms with Crippen LogP contribution in [0, 0.1) is 5.92 Å². The highest BCUT2D eigenvalue weighted by Gasteiger charge is 2.36. The summed E-state index contributed by atoms with van der Waals surface area (Å²) in [5.41, 5.74) is 1.91. The summed E-state index contributed by atoms with van der Waals surface area (Å²) in [5, 5.41) is 0. The molecule has 1 aliphatic heterocycles. The lowest BCUT2D eigenvalue weighted by Gasteiger charge is -2.19. The third-order valence-corrected chi connectivity index (χ3v) is 4.21. The molecule has 1 atom stereocenters. The molecule has 126 valence electrons. The molecular weight excluding hydrogens is 319 g/mol. The van der Waals surface area contributed by atoms with E-state index in [4.69, 9.17) is 0 Å². The summed E-state index contributed by atoms with van der Waals surface area (Å²) in [6, 6.07) is 7.59. The number of rotatable bonds is 2. The lowest BCUT2D eigenvalue weighted by Crippen LogP contribution is -2.31. The molecule has 0 aliphatic carbocycles. The molecule has 0 radical (unpaired) electrons. The van der Waals surface area contributed by atoms with Gasteiger partial charge in [-0.25, -0.2) is 9.97 Å². The van der Waals surface area contributed by atoms with Crippen LogP contribution in [0.5, 0.6) is 0 Å². The van der Waals surface area contributed by atoms with E-state index in [1.165, 1.54) is 0 Å². The van der Waals surface area contributed by atoms with Gasteiger partial charge in [0, 0.05) is 30.5 Å². The quantitative estimate of drug-likeness (QED) is 0.836. The summed E-state index contributed by atoms with van der Waals surface area (Å²) in [5.74, 6) is -1.10. The van der Waals surface area contributed by atoms with E-state index in [0.29, 0.717) is 12.5 Å². The number of aromatic nitrogens is 2. The fourth-order valence-electron chi connectivity index (χ4n) is 2.94. The van der Waals surface area contributed by atoms with Crippen LogP contribution in [0.3, 0.4) is 0 Å². The molecule has 0 bridgehead atoms. The van der Waals surface area contributed by atoms with Gasteiger partial charge in [0.15, 0.2) is 0 Å². The fourth-order valence-corrected chi connectivity index (χ4v) is 2.94. The van der Waals surface area contributed by atoms with E-state index < -0.39 is 12.0 Å². The Kier molecular flexibility index (Phi) is 4.03. The second-order valence-electron chi connectivity index (χ2n) is 6.12. The first-order valence-electron chi connectivity index (χ1n) is 7.59. The molecule has 1 aromatic heterocycles. The number of carbonyl (C=O) groups excluding carboxylic acids is 1. The monoisotopic (exact) mass is 335 g/mol. The lowest BCUT2D eigenvalue weighted by molar-refractivity contribution is -0.145. The minimum Gasteiger partial charge on any atom is -0.307 e. The average Bonchev–Trinajstić information content (AvgIpc) is 2.93. The third-order valence-electron chi connectivity index (χ3n) is 4.21. The minimum atomic E-state index is -4.62. The summed E-state index contributed by atoms with van der Waals surface area (Å²) in [7, 11) is 0. The first-order valence-corrected chi connectivity index (χ1v) is 7.59. The molecule has 0 saturated heterocycles. The minimum absolute atomic E-state index is 0.0437. The van der Waals surface area contributed by atoms with Crippen molar-refractivity contribution in [3.8, 4) is 0 Å². The number of nitrogens with zero attached hydrogens (tertiary/aromatic N) is 3. The van der Waals surface area contributed by atoms with Crippen molar-refractivity contribution < 1.29 is 18.0 Å². The number of fused-ring (bicyclic) bond motifs is 1. The van der Waals surface area contributed by atoms with E-state index in [9.17, 15) is 18.0 Å². The molecule has 0 saturated carbocycles.